The number of nitrogens with one attached hydrogen (secondary N) is 1. The number of carbonyl (C=O) groups excluding carboxylic acids is 1. The summed E-state index contributed by atoms with van der Waals surface area (Å²) in [5.74, 6) is 0.840. The molecule has 2 rings (SSSR count). The van der Waals surface area contributed by atoms with Crippen molar-refractivity contribution in [3.63, 3.8) is 0 Å². The highest BCUT2D eigenvalue weighted by Crippen LogP contribution is 2.20. The summed E-state index contributed by atoms with van der Waals surface area (Å²) in [6, 6.07) is 11.7. The summed E-state index contributed by atoms with van der Waals surface area (Å²) in [5, 5.41) is 3.03. The molecule has 112 valence electrons. The summed E-state index contributed by atoms with van der Waals surface area (Å²) in [6.07, 6.45) is 0.965. The first kappa shape index (κ1) is 15.6. The molecule has 0 saturated carbocycles. The van der Waals surface area contributed by atoms with Gasteiger partial charge in [0, 0.05) is 4.88 Å². The third-order valence-electron chi connectivity index (χ3n) is 3.27. The van der Waals surface area contributed by atoms with Crippen molar-refractivity contribution in [1.82, 2.24) is 5.32 Å². The fraction of sp³-hybridized carbons (Fsp3) is 0.353. The number of aryl methyl sites for hydroxylation is 1. The lowest BCUT2D eigenvalue weighted by Crippen LogP contribution is -2.25. The Morgan fingerprint density at radius 2 is 1.90 bits per heavy atom. The van der Waals surface area contributed by atoms with Gasteiger partial charge >= 0.3 is 0 Å². The normalized spacial score (nSPS) is 12.0. The van der Waals surface area contributed by atoms with Crippen LogP contribution < -0.4 is 10.1 Å². The zero-order valence-corrected chi connectivity index (χ0v) is 13.5. The van der Waals surface area contributed by atoms with E-state index in [1.54, 1.807) is 11.3 Å². The molecule has 1 atom stereocenters. The van der Waals surface area contributed by atoms with Gasteiger partial charge in [0.15, 0.2) is 0 Å². The highest BCUT2D eigenvalue weighted by molar-refractivity contribution is 7.14. The van der Waals surface area contributed by atoms with E-state index in [4.69, 9.17) is 4.74 Å². The summed E-state index contributed by atoms with van der Waals surface area (Å²) in [4.78, 5) is 14.2. The van der Waals surface area contributed by atoms with E-state index in [0.29, 0.717) is 6.61 Å². The van der Waals surface area contributed by atoms with Crippen LogP contribution in [0.4, 0.5) is 0 Å². The van der Waals surface area contributed by atoms with Crippen LogP contribution in [0.25, 0.3) is 0 Å². The number of rotatable bonds is 6. The predicted molar refractivity (Wildman–Crippen MR) is 87.2 cm³/mol. The van der Waals surface area contributed by atoms with Gasteiger partial charge < -0.3 is 10.1 Å². The van der Waals surface area contributed by atoms with Gasteiger partial charge in [-0.25, -0.2) is 0 Å². The second-order valence-electron chi connectivity index (χ2n) is 4.82. The molecule has 4 heteroatoms. The molecule has 0 aliphatic heterocycles. The Morgan fingerprint density at radius 1 is 1.19 bits per heavy atom. The molecule has 2 aromatic rings. The Morgan fingerprint density at radius 3 is 2.48 bits per heavy atom. The maximum absolute atomic E-state index is 12.2. The van der Waals surface area contributed by atoms with E-state index in [0.717, 1.165) is 22.6 Å². The van der Waals surface area contributed by atoms with Gasteiger partial charge in [0.05, 0.1) is 17.5 Å². The molecule has 21 heavy (non-hydrogen) atoms. The average molecular weight is 303 g/mol. The van der Waals surface area contributed by atoms with E-state index in [2.05, 4.69) is 12.2 Å². The zero-order valence-electron chi connectivity index (χ0n) is 12.7. The Bertz CT molecular complexity index is 589. The summed E-state index contributed by atoms with van der Waals surface area (Å²) >= 11 is 1.56. The zero-order chi connectivity index (χ0) is 15.2. The molecule has 0 bridgehead atoms. The Kier molecular flexibility index (Phi) is 5.39. The maximum atomic E-state index is 12.2. The molecule has 3 nitrogen and oxygen atoms in total. The molecule has 1 aromatic heterocycles. The number of hydrogen-bond donors (Lipinski definition) is 1. The van der Waals surface area contributed by atoms with Gasteiger partial charge in [-0.3, -0.25) is 4.79 Å². The lowest BCUT2D eigenvalue weighted by Gasteiger charge is -2.14. The van der Waals surface area contributed by atoms with Crippen molar-refractivity contribution in [3.05, 3.63) is 51.7 Å². The Balaban J connectivity index is 1.99. The third kappa shape index (κ3) is 4.08. The van der Waals surface area contributed by atoms with Crippen LogP contribution in [0.15, 0.2) is 36.4 Å². The molecule has 0 saturated heterocycles. The monoisotopic (exact) mass is 303 g/mol. The number of amides is 1. The lowest BCUT2D eigenvalue weighted by molar-refractivity contribution is 0.0944. The minimum absolute atomic E-state index is 0.0129. The van der Waals surface area contributed by atoms with E-state index in [9.17, 15) is 4.79 Å². The summed E-state index contributed by atoms with van der Waals surface area (Å²) < 4.78 is 5.42. The van der Waals surface area contributed by atoms with Crippen molar-refractivity contribution in [2.45, 2.75) is 33.2 Å². The number of ether oxygens (including phenoxy) is 1. The molecule has 1 amide bonds. The van der Waals surface area contributed by atoms with Gasteiger partial charge in [-0.2, -0.15) is 0 Å². The second kappa shape index (κ2) is 7.27. The molecular weight excluding hydrogens is 282 g/mol. The first-order chi connectivity index (χ1) is 10.1. The van der Waals surface area contributed by atoms with Crippen LogP contribution in [-0.2, 0) is 6.42 Å². The van der Waals surface area contributed by atoms with Crippen LogP contribution in [0.5, 0.6) is 5.75 Å². The first-order valence-electron chi connectivity index (χ1n) is 7.26. The molecule has 0 radical (unpaired) electrons. The number of thiophene rings is 1. The van der Waals surface area contributed by atoms with Crippen molar-refractivity contribution in [1.29, 1.82) is 0 Å². The SMILES string of the molecule is CCOc1ccc([C@@H](C)NC(=O)c2ccc(CC)s2)cc1. The van der Waals surface area contributed by atoms with E-state index >= 15 is 0 Å². The van der Waals surface area contributed by atoms with Crippen LogP contribution in [0.2, 0.25) is 0 Å². The largest absolute Gasteiger partial charge is 0.494 e. The van der Waals surface area contributed by atoms with Crippen LogP contribution in [0.3, 0.4) is 0 Å². The average Bonchev–Trinajstić information content (AvgIpc) is 2.97. The van der Waals surface area contributed by atoms with E-state index < -0.39 is 0 Å². The van der Waals surface area contributed by atoms with Crippen LogP contribution in [0, 0.1) is 0 Å². The first-order valence-corrected chi connectivity index (χ1v) is 8.08. The molecule has 0 spiro atoms. The van der Waals surface area contributed by atoms with E-state index in [1.807, 2.05) is 50.2 Å². The lowest BCUT2D eigenvalue weighted by atomic mass is 10.1. The van der Waals surface area contributed by atoms with Gasteiger partial charge in [0.2, 0.25) is 0 Å². The standard InChI is InChI=1S/C17H21NO2S/c1-4-15-10-11-16(21-15)17(19)18-12(3)13-6-8-14(9-7-13)20-5-2/h6-12H,4-5H2,1-3H3,(H,18,19)/t12-/m1/s1. The molecule has 1 heterocycles. The summed E-state index contributed by atoms with van der Waals surface area (Å²) in [6.45, 7) is 6.70. The number of carbonyl (C=O) groups is 1. The third-order valence-corrected chi connectivity index (χ3v) is 4.50. The van der Waals surface area contributed by atoms with Crippen LogP contribution in [0.1, 0.15) is 46.9 Å². The van der Waals surface area contributed by atoms with Crippen LogP contribution >= 0.6 is 11.3 Å². The smallest absolute Gasteiger partial charge is 0.261 e. The Hall–Kier alpha value is -1.81. The fourth-order valence-corrected chi connectivity index (χ4v) is 2.91. The topological polar surface area (TPSA) is 38.3 Å². The molecule has 0 aliphatic carbocycles. The van der Waals surface area contributed by atoms with Gasteiger partial charge in [0.1, 0.15) is 5.75 Å². The van der Waals surface area contributed by atoms with Gasteiger partial charge in [-0.15, -0.1) is 11.3 Å². The summed E-state index contributed by atoms with van der Waals surface area (Å²) in [5.41, 5.74) is 1.07. The van der Waals surface area contributed by atoms with Gasteiger partial charge in [-0.05, 0) is 50.1 Å². The second-order valence-corrected chi connectivity index (χ2v) is 5.99. The molecule has 0 unspecified atom stereocenters. The quantitative estimate of drug-likeness (QED) is 0.868. The minimum Gasteiger partial charge on any atom is -0.494 e. The molecule has 1 N–H and O–H groups in total. The minimum atomic E-state index is -0.0275. The Labute approximate surface area is 130 Å². The highest BCUT2D eigenvalue weighted by atomic mass is 32.1. The van der Waals surface area contributed by atoms with Crippen molar-refractivity contribution in [2.75, 3.05) is 6.61 Å². The number of hydrogen-bond acceptors (Lipinski definition) is 3. The number of benzene rings is 1. The van der Waals surface area contributed by atoms with E-state index in [1.165, 1.54) is 4.88 Å². The molecule has 0 aliphatic rings. The van der Waals surface area contributed by atoms with Crippen molar-refractivity contribution in [2.24, 2.45) is 0 Å². The van der Waals surface area contributed by atoms with Crippen LogP contribution in [-0.4, -0.2) is 12.5 Å². The van der Waals surface area contributed by atoms with Crippen molar-refractivity contribution >= 4 is 17.2 Å². The maximum Gasteiger partial charge on any atom is 0.261 e. The fourth-order valence-electron chi connectivity index (χ4n) is 2.06. The molecule has 0 fully saturated rings. The van der Waals surface area contributed by atoms with E-state index in [-0.39, 0.29) is 11.9 Å². The van der Waals surface area contributed by atoms with Crippen molar-refractivity contribution in [3.8, 4) is 5.75 Å². The highest BCUT2D eigenvalue weighted by Gasteiger charge is 2.13. The predicted octanol–water partition coefficient (Wildman–Crippen LogP) is 4.20. The molecular formula is C17H21NO2S. The van der Waals surface area contributed by atoms with Crippen molar-refractivity contribution < 1.29 is 9.53 Å². The summed E-state index contributed by atoms with van der Waals surface area (Å²) in [7, 11) is 0. The van der Waals surface area contributed by atoms with Gasteiger partial charge in [-0.1, -0.05) is 19.1 Å². The van der Waals surface area contributed by atoms with Gasteiger partial charge in [0.25, 0.3) is 5.91 Å². The molecule has 1 aromatic carbocycles.